The standard InChI is InChI=1S/C7H3F13O/c8-1-2(9,10)3(11,12)4(13,14)5(15,16)6(17,18)7(19,20)21/h21H,1H2. The molecular weight excluding hydrogens is 347 g/mol. The molecule has 0 atom stereocenters. The lowest BCUT2D eigenvalue weighted by molar-refractivity contribution is -0.451. The van der Waals surface area contributed by atoms with Gasteiger partial charge in [0.15, 0.2) is 6.67 Å². The Hall–Kier alpha value is -0.950. The Balaban J connectivity index is 6.14. The Morgan fingerprint density at radius 2 is 0.810 bits per heavy atom. The average Bonchev–Trinajstić information content (AvgIpc) is 2.26. The molecule has 0 aromatic heterocycles. The van der Waals surface area contributed by atoms with Gasteiger partial charge in [-0.2, -0.15) is 52.7 Å². The zero-order valence-electron chi connectivity index (χ0n) is 9.07. The largest absolute Gasteiger partial charge is 0.423 e. The fourth-order valence-corrected chi connectivity index (χ4v) is 0.897. The highest BCUT2D eigenvalue weighted by Gasteiger charge is 2.90. The van der Waals surface area contributed by atoms with Crippen LogP contribution in [-0.4, -0.2) is 47.5 Å². The Kier molecular flexibility index (Phi) is 4.56. The van der Waals surface area contributed by atoms with Crippen LogP contribution in [0.4, 0.5) is 57.1 Å². The Bertz CT molecular complexity index is 380. The van der Waals surface area contributed by atoms with Crippen LogP contribution in [-0.2, 0) is 0 Å². The summed E-state index contributed by atoms with van der Waals surface area (Å²) in [5.41, 5.74) is 0. The normalized spacial score (nSPS) is 16.3. The number of hydrogen-bond donors (Lipinski definition) is 1. The quantitative estimate of drug-likeness (QED) is 0.724. The van der Waals surface area contributed by atoms with Crippen LogP contribution in [0.1, 0.15) is 0 Å². The molecule has 0 aliphatic rings. The molecule has 21 heavy (non-hydrogen) atoms. The molecule has 14 heteroatoms. The first-order valence-electron chi connectivity index (χ1n) is 4.36. The fourth-order valence-electron chi connectivity index (χ4n) is 0.897. The molecule has 0 rings (SSSR count). The molecule has 1 nitrogen and oxygen atoms in total. The molecule has 0 saturated carbocycles. The van der Waals surface area contributed by atoms with Gasteiger partial charge in [0, 0.05) is 0 Å². The summed E-state index contributed by atoms with van der Waals surface area (Å²) >= 11 is 0. The molecule has 0 saturated heterocycles. The van der Waals surface area contributed by atoms with Crippen molar-refractivity contribution in [3.05, 3.63) is 0 Å². The van der Waals surface area contributed by atoms with Gasteiger partial charge in [-0.15, -0.1) is 0 Å². The zero-order valence-corrected chi connectivity index (χ0v) is 9.07. The summed E-state index contributed by atoms with van der Waals surface area (Å²) < 4.78 is 160. The van der Waals surface area contributed by atoms with E-state index in [1.165, 1.54) is 0 Å². The molecule has 0 aromatic carbocycles. The summed E-state index contributed by atoms with van der Waals surface area (Å²) in [4.78, 5) is 0. The Labute approximate surface area is 106 Å². The van der Waals surface area contributed by atoms with E-state index in [2.05, 4.69) is 0 Å². The van der Waals surface area contributed by atoms with Crippen LogP contribution in [0, 0.1) is 0 Å². The molecule has 0 unspecified atom stereocenters. The van der Waals surface area contributed by atoms with E-state index in [-0.39, 0.29) is 0 Å². The number of alkyl halides is 13. The third-order valence-electron chi connectivity index (χ3n) is 2.19. The fraction of sp³-hybridized carbons (Fsp3) is 1.00. The lowest BCUT2D eigenvalue weighted by atomic mass is 9.94. The summed E-state index contributed by atoms with van der Waals surface area (Å²) in [5.74, 6) is -37.3. The molecule has 1 N–H and O–H groups in total. The van der Waals surface area contributed by atoms with Crippen LogP contribution >= 0.6 is 0 Å². The monoisotopic (exact) mass is 350 g/mol. The maximum atomic E-state index is 12.6. The van der Waals surface area contributed by atoms with Crippen molar-refractivity contribution in [2.24, 2.45) is 0 Å². The summed E-state index contributed by atoms with van der Waals surface area (Å²) in [6, 6.07) is 0. The summed E-state index contributed by atoms with van der Waals surface area (Å²) in [7, 11) is 0. The predicted octanol–water partition coefficient (Wildman–Crippen LogP) is 3.72. The third-order valence-corrected chi connectivity index (χ3v) is 2.19. The molecule has 0 heterocycles. The van der Waals surface area contributed by atoms with E-state index in [0.717, 1.165) is 0 Å². The minimum atomic E-state index is -7.85. The van der Waals surface area contributed by atoms with Gasteiger partial charge in [0.25, 0.3) is 0 Å². The van der Waals surface area contributed by atoms with Crippen molar-refractivity contribution in [1.82, 2.24) is 0 Å². The minimum Gasteiger partial charge on any atom is -0.331 e. The highest BCUT2D eigenvalue weighted by atomic mass is 19.4. The third kappa shape index (κ3) is 2.50. The van der Waals surface area contributed by atoms with Gasteiger partial charge in [0.2, 0.25) is 0 Å². The first-order valence-corrected chi connectivity index (χ1v) is 4.36. The van der Waals surface area contributed by atoms with E-state index < -0.39 is 42.4 Å². The number of aliphatic hydroxyl groups is 1. The van der Waals surface area contributed by atoms with Crippen molar-refractivity contribution in [1.29, 1.82) is 0 Å². The molecular formula is C7H3F13O. The van der Waals surface area contributed by atoms with Crippen molar-refractivity contribution in [3.63, 3.8) is 0 Å². The molecule has 0 bridgehead atoms. The number of rotatable bonds is 6. The second kappa shape index (κ2) is 4.78. The maximum absolute atomic E-state index is 12.6. The van der Waals surface area contributed by atoms with Crippen LogP contribution in [0.5, 0.6) is 0 Å². The van der Waals surface area contributed by atoms with Gasteiger partial charge in [0.05, 0.1) is 0 Å². The van der Waals surface area contributed by atoms with Gasteiger partial charge in [-0.3, -0.25) is 0 Å². The lowest BCUT2D eigenvalue weighted by Crippen LogP contribution is -2.70. The van der Waals surface area contributed by atoms with Crippen molar-refractivity contribution < 1.29 is 62.2 Å². The molecule has 0 aliphatic carbocycles. The lowest BCUT2D eigenvalue weighted by Gasteiger charge is -2.39. The summed E-state index contributed by atoms with van der Waals surface area (Å²) in [6.45, 7) is -3.67. The van der Waals surface area contributed by atoms with E-state index in [0.29, 0.717) is 0 Å². The van der Waals surface area contributed by atoms with Gasteiger partial charge in [-0.05, 0) is 0 Å². The highest BCUT2D eigenvalue weighted by molar-refractivity contribution is 5.09. The van der Waals surface area contributed by atoms with Crippen LogP contribution in [0.25, 0.3) is 0 Å². The maximum Gasteiger partial charge on any atom is 0.423 e. The molecule has 0 amide bonds. The van der Waals surface area contributed by atoms with E-state index in [4.69, 9.17) is 5.11 Å². The summed E-state index contributed by atoms with van der Waals surface area (Å²) in [5, 5.41) is 7.37. The molecule has 0 fully saturated rings. The van der Waals surface area contributed by atoms with E-state index >= 15 is 0 Å². The van der Waals surface area contributed by atoms with Gasteiger partial charge < -0.3 is 5.11 Å². The van der Waals surface area contributed by atoms with Gasteiger partial charge >= 0.3 is 35.7 Å². The van der Waals surface area contributed by atoms with Crippen molar-refractivity contribution in [2.45, 2.75) is 35.7 Å². The van der Waals surface area contributed by atoms with Gasteiger partial charge in [-0.1, -0.05) is 0 Å². The molecule has 0 spiro atoms. The second-order valence-electron chi connectivity index (χ2n) is 3.68. The summed E-state index contributed by atoms with van der Waals surface area (Å²) in [6.07, 6.45) is -6.96. The first kappa shape index (κ1) is 20.1. The first-order chi connectivity index (χ1) is 8.81. The van der Waals surface area contributed by atoms with E-state index in [1.54, 1.807) is 0 Å². The molecule has 128 valence electrons. The molecule has 0 aliphatic heterocycles. The van der Waals surface area contributed by atoms with E-state index in [1.807, 2.05) is 0 Å². The topological polar surface area (TPSA) is 20.2 Å². The van der Waals surface area contributed by atoms with Crippen LogP contribution in [0.15, 0.2) is 0 Å². The van der Waals surface area contributed by atoms with Crippen LogP contribution in [0.3, 0.4) is 0 Å². The highest BCUT2D eigenvalue weighted by Crippen LogP contribution is 2.59. The molecule has 0 radical (unpaired) electrons. The van der Waals surface area contributed by atoms with Crippen molar-refractivity contribution >= 4 is 0 Å². The SMILES string of the molecule is OC(F)(F)C(F)(F)C(F)(F)C(F)(F)C(F)(F)C(F)(F)CF. The predicted molar refractivity (Wildman–Crippen MR) is 37.9 cm³/mol. The molecule has 0 aromatic rings. The van der Waals surface area contributed by atoms with Gasteiger partial charge in [0.1, 0.15) is 0 Å². The van der Waals surface area contributed by atoms with Crippen LogP contribution < -0.4 is 0 Å². The minimum absolute atomic E-state index is 3.67. The van der Waals surface area contributed by atoms with Gasteiger partial charge in [-0.25, -0.2) is 4.39 Å². The zero-order chi connectivity index (χ0) is 17.7. The Morgan fingerprint density at radius 3 is 1.05 bits per heavy atom. The van der Waals surface area contributed by atoms with Crippen LogP contribution in [0.2, 0.25) is 0 Å². The number of hydrogen-bond acceptors (Lipinski definition) is 1. The Morgan fingerprint density at radius 1 is 0.524 bits per heavy atom. The number of halogens is 13. The van der Waals surface area contributed by atoms with E-state index in [9.17, 15) is 57.1 Å². The average molecular weight is 350 g/mol. The van der Waals surface area contributed by atoms with Crippen molar-refractivity contribution in [2.75, 3.05) is 6.67 Å². The second-order valence-corrected chi connectivity index (χ2v) is 3.68. The smallest absolute Gasteiger partial charge is 0.331 e. The van der Waals surface area contributed by atoms with Crippen molar-refractivity contribution in [3.8, 4) is 0 Å².